The molecule has 3 rings (SSSR count). The molecule has 1 aromatic heterocycles. The van der Waals surface area contributed by atoms with Gasteiger partial charge in [0.25, 0.3) is 0 Å². The fraction of sp³-hybridized carbons (Fsp3) is 0.375. The molecule has 0 radical (unpaired) electrons. The average Bonchev–Trinajstić information content (AvgIpc) is 3.26. The van der Waals surface area contributed by atoms with Crippen LogP contribution in [0.1, 0.15) is 37.1 Å². The van der Waals surface area contributed by atoms with Crippen LogP contribution in [0.25, 0.3) is 11.3 Å². The quantitative estimate of drug-likeness (QED) is 0.900. The summed E-state index contributed by atoms with van der Waals surface area (Å²) in [5.74, 6) is 1.66. The van der Waals surface area contributed by atoms with Crippen LogP contribution in [0.3, 0.4) is 0 Å². The van der Waals surface area contributed by atoms with E-state index in [-0.39, 0.29) is 5.82 Å². The number of aromatic nitrogens is 2. The third kappa shape index (κ3) is 2.86. The van der Waals surface area contributed by atoms with Crippen LogP contribution in [0.15, 0.2) is 18.2 Å². The first-order valence-electron chi connectivity index (χ1n) is 7.18. The van der Waals surface area contributed by atoms with E-state index in [1.165, 1.54) is 6.07 Å². The van der Waals surface area contributed by atoms with Gasteiger partial charge in [-0.25, -0.2) is 14.4 Å². The van der Waals surface area contributed by atoms with Gasteiger partial charge in [0.2, 0.25) is 0 Å². The number of nitrogens with zero attached hydrogens (tertiary/aromatic N) is 2. The molecular formula is C16H17ClFN3. The molecule has 0 spiro atoms. The number of benzene rings is 1. The van der Waals surface area contributed by atoms with E-state index in [0.29, 0.717) is 22.2 Å². The molecular weight excluding hydrogens is 289 g/mol. The van der Waals surface area contributed by atoms with Gasteiger partial charge < -0.3 is 5.32 Å². The summed E-state index contributed by atoms with van der Waals surface area (Å²) >= 11 is 5.83. The molecule has 0 saturated heterocycles. The molecule has 0 aliphatic heterocycles. The molecule has 3 nitrogen and oxygen atoms in total. The Hall–Kier alpha value is -1.68. The van der Waals surface area contributed by atoms with Crippen molar-refractivity contribution in [2.75, 3.05) is 11.9 Å². The van der Waals surface area contributed by atoms with Crippen LogP contribution in [0.2, 0.25) is 5.02 Å². The predicted octanol–water partition coefficient (Wildman–Crippen LogP) is 4.55. The first-order chi connectivity index (χ1) is 10.1. The lowest BCUT2D eigenvalue weighted by molar-refractivity contribution is 0.630. The number of nitrogens with one attached hydrogen (secondary N) is 1. The SMILES string of the molecule is CCNc1nc(C2CC2)nc(-c2ccc(Cl)cc2F)c1C. The van der Waals surface area contributed by atoms with Gasteiger partial charge in [-0.1, -0.05) is 11.6 Å². The van der Waals surface area contributed by atoms with Gasteiger partial charge in [-0.2, -0.15) is 0 Å². The third-order valence-corrected chi connectivity index (χ3v) is 3.87. The van der Waals surface area contributed by atoms with Crippen LogP contribution in [0, 0.1) is 12.7 Å². The van der Waals surface area contributed by atoms with Crippen LogP contribution < -0.4 is 5.32 Å². The van der Waals surface area contributed by atoms with Gasteiger partial charge >= 0.3 is 0 Å². The Kier molecular flexibility index (Phi) is 3.81. The number of rotatable bonds is 4. The maximum absolute atomic E-state index is 14.2. The Morgan fingerprint density at radius 3 is 2.71 bits per heavy atom. The summed E-state index contributed by atoms with van der Waals surface area (Å²) in [5, 5.41) is 3.63. The van der Waals surface area contributed by atoms with E-state index in [4.69, 9.17) is 11.6 Å². The predicted molar refractivity (Wildman–Crippen MR) is 83.3 cm³/mol. The van der Waals surface area contributed by atoms with Gasteiger partial charge in [0, 0.05) is 28.6 Å². The van der Waals surface area contributed by atoms with Crippen molar-refractivity contribution < 1.29 is 4.39 Å². The zero-order valence-corrected chi connectivity index (χ0v) is 12.8. The fourth-order valence-electron chi connectivity index (χ4n) is 2.34. The molecule has 21 heavy (non-hydrogen) atoms. The minimum atomic E-state index is -0.353. The summed E-state index contributed by atoms with van der Waals surface area (Å²) in [7, 11) is 0. The van der Waals surface area contributed by atoms with Gasteiger partial charge in [0.1, 0.15) is 17.5 Å². The van der Waals surface area contributed by atoms with Crippen molar-refractivity contribution in [2.24, 2.45) is 0 Å². The van der Waals surface area contributed by atoms with E-state index >= 15 is 0 Å². The largest absolute Gasteiger partial charge is 0.370 e. The average molecular weight is 306 g/mol. The summed E-state index contributed by atoms with van der Waals surface area (Å²) in [6, 6.07) is 4.69. The topological polar surface area (TPSA) is 37.8 Å². The Labute approximate surface area is 128 Å². The highest BCUT2D eigenvalue weighted by atomic mass is 35.5. The van der Waals surface area contributed by atoms with Gasteiger partial charge in [0.15, 0.2) is 0 Å². The Morgan fingerprint density at radius 1 is 1.33 bits per heavy atom. The molecule has 1 heterocycles. The molecule has 1 saturated carbocycles. The van der Waals surface area contributed by atoms with Crippen molar-refractivity contribution in [2.45, 2.75) is 32.6 Å². The lowest BCUT2D eigenvalue weighted by Gasteiger charge is -2.14. The zero-order valence-electron chi connectivity index (χ0n) is 12.1. The molecule has 1 fully saturated rings. The van der Waals surface area contributed by atoms with Crippen molar-refractivity contribution in [3.8, 4) is 11.3 Å². The van der Waals surface area contributed by atoms with E-state index in [1.807, 2.05) is 13.8 Å². The summed E-state index contributed by atoms with van der Waals surface area (Å²) < 4.78 is 14.2. The molecule has 5 heteroatoms. The second-order valence-corrected chi connectivity index (χ2v) is 5.77. The van der Waals surface area contributed by atoms with Crippen LogP contribution in [-0.4, -0.2) is 16.5 Å². The van der Waals surface area contributed by atoms with E-state index in [0.717, 1.165) is 36.6 Å². The molecule has 0 unspecified atom stereocenters. The molecule has 0 amide bonds. The van der Waals surface area contributed by atoms with Gasteiger partial charge in [-0.15, -0.1) is 0 Å². The number of hydrogen-bond donors (Lipinski definition) is 1. The van der Waals surface area contributed by atoms with E-state index < -0.39 is 0 Å². The monoisotopic (exact) mass is 305 g/mol. The number of hydrogen-bond acceptors (Lipinski definition) is 3. The molecule has 110 valence electrons. The van der Waals surface area contributed by atoms with E-state index in [1.54, 1.807) is 12.1 Å². The van der Waals surface area contributed by atoms with Crippen molar-refractivity contribution >= 4 is 17.4 Å². The minimum absolute atomic E-state index is 0.353. The first-order valence-corrected chi connectivity index (χ1v) is 7.55. The van der Waals surface area contributed by atoms with Gasteiger partial charge in [0.05, 0.1) is 5.69 Å². The standard InChI is InChI=1S/C16H17ClFN3/c1-3-19-15-9(2)14(20-16(21-15)10-4-5-10)12-7-6-11(17)8-13(12)18/h6-8,10H,3-5H2,1-2H3,(H,19,20,21). The lowest BCUT2D eigenvalue weighted by Crippen LogP contribution is -2.08. The molecule has 1 aromatic carbocycles. The Balaban J connectivity index is 2.15. The Bertz CT molecular complexity index is 683. The smallest absolute Gasteiger partial charge is 0.134 e. The summed E-state index contributed by atoms with van der Waals surface area (Å²) in [4.78, 5) is 9.19. The zero-order chi connectivity index (χ0) is 15.0. The lowest BCUT2D eigenvalue weighted by atomic mass is 10.1. The molecule has 1 aliphatic carbocycles. The molecule has 1 N–H and O–H groups in total. The van der Waals surface area contributed by atoms with Crippen molar-refractivity contribution in [3.05, 3.63) is 40.4 Å². The Morgan fingerprint density at radius 2 is 2.10 bits per heavy atom. The highest BCUT2D eigenvalue weighted by Crippen LogP contribution is 2.40. The summed E-state index contributed by atoms with van der Waals surface area (Å²) in [5.41, 5.74) is 1.99. The normalized spacial score (nSPS) is 14.3. The molecule has 0 bridgehead atoms. The first kappa shape index (κ1) is 14.3. The third-order valence-electron chi connectivity index (χ3n) is 3.64. The molecule has 1 aliphatic rings. The fourth-order valence-corrected chi connectivity index (χ4v) is 2.50. The van der Waals surface area contributed by atoms with E-state index in [2.05, 4.69) is 15.3 Å². The molecule has 2 aromatic rings. The van der Waals surface area contributed by atoms with Crippen molar-refractivity contribution in [1.29, 1.82) is 0 Å². The molecule has 0 atom stereocenters. The highest BCUT2D eigenvalue weighted by molar-refractivity contribution is 6.30. The van der Waals surface area contributed by atoms with Crippen molar-refractivity contribution in [3.63, 3.8) is 0 Å². The minimum Gasteiger partial charge on any atom is -0.370 e. The van der Waals surface area contributed by atoms with Crippen molar-refractivity contribution in [1.82, 2.24) is 9.97 Å². The van der Waals surface area contributed by atoms with Gasteiger partial charge in [-0.05, 0) is 44.9 Å². The summed E-state index contributed by atoms with van der Waals surface area (Å²) in [6.45, 7) is 4.70. The number of anilines is 1. The second-order valence-electron chi connectivity index (χ2n) is 5.33. The van der Waals surface area contributed by atoms with Crippen LogP contribution in [-0.2, 0) is 0 Å². The maximum Gasteiger partial charge on any atom is 0.134 e. The number of halogens is 2. The van der Waals surface area contributed by atoms with Crippen LogP contribution in [0.4, 0.5) is 10.2 Å². The van der Waals surface area contributed by atoms with Gasteiger partial charge in [-0.3, -0.25) is 0 Å². The highest BCUT2D eigenvalue weighted by Gasteiger charge is 2.28. The maximum atomic E-state index is 14.2. The summed E-state index contributed by atoms with van der Waals surface area (Å²) in [6.07, 6.45) is 2.22. The second kappa shape index (κ2) is 5.60. The van der Waals surface area contributed by atoms with Crippen LogP contribution in [0.5, 0.6) is 0 Å². The van der Waals surface area contributed by atoms with Crippen LogP contribution >= 0.6 is 11.6 Å². The van der Waals surface area contributed by atoms with E-state index in [9.17, 15) is 4.39 Å².